The van der Waals surface area contributed by atoms with E-state index in [-0.39, 0.29) is 24.1 Å². The fourth-order valence-electron chi connectivity index (χ4n) is 4.97. The number of halogens is 3. The Morgan fingerprint density at radius 3 is 2.19 bits per heavy atom. The first kappa shape index (κ1) is 26.0. The molecule has 0 unspecified atom stereocenters. The fraction of sp³-hybridized carbons (Fsp3) is 0.682. The normalized spacial score (nSPS) is 22.7. The van der Waals surface area contributed by atoms with Crippen molar-refractivity contribution in [2.45, 2.75) is 54.9 Å². The third-order valence-electron chi connectivity index (χ3n) is 6.95. The monoisotopic (exact) mass is 523 g/mol. The topological polar surface area (TPSA) is 69.7 Å². The highest BCUT2D eigenvalue weighted by Crippen LogP contribution is 2.47. The number of hydrogen-bond acceptors (Lipinski definition) is 4. The van der Waals surface area contributed by atoms with Crippen molar-refractivity contribution in [3.63, 3.8) is 0 Å². The standard InChI is InChI=1S/C22H31Cl2N3O3S.ClH/c23-22(24,25-20(28)19-7-3-1-4-8-19)21(11-5-2-6-12-21)26-13-15-27(16-14-26)31(29,30)17-18-9-10-18;/h1,3-4,7-8,18H,2,5-6,9-17H2,(H,25,28);1H. The smallest absolute Gasteiger partial charge is 0.253 e. The largest absolute Gasteiger partial charge is 0.319 e. The lowest BCUT2D eigenvalue weighted by Gasteiger charge is -2.54. The van der Waals surface area contributed by atoms with Gasteiger partial charge in [-0.15, -0.1) is 12.4 Å². The molecular formula is C22H32Cl3N3O3S. The van der Waals surface area contributed by atoms with Gasteiger partial charge in [-0.05, 0) is 43.7 Å². The molecule has 2 saturated carbocycles. The van der Waals surface area contributed by atoms with Crippen LogP contribution in [-0.2, 0) is 10.0 Å². The van der Waals surface area contributed by atoms with E-state index in [0.717, 1.165) is 44.9 Å². The third kappa shape index (κ3) is 5.56. The maximum atomic E-state index is 12.8. The van der Waals surface area contributed by atoms with Crippen molar-refractivity contribution in [3.05, 3.63) is 35.9 Å². The summed E-state index contributed by atoms with van der Waals surface area (Å²) < 4.78 is 25.5. The average molecular weight is 525 g/mol. The van der Waals surface area contributed by atoms with Gasteiger partial charge in [-0.25, -0.2) is 8.42 Å². The van der Waals surface area contributed by atoms with E-state index in [1.807, 2.05) is 6.07 Å². The molecule has 0 radical (unpaired) electrons. The minimum atomic E-state index is -3.21. The zero-order chi connectivity index (χ0) is 22.1. The van der Waals surface area contributed by atoms with Gasteiger partial charge in [0, 0.05) is 31.7 Å². The van der Waals surface area contributed by atoms with Crippen molar-refractivity contribution in [2.24, 2.45) is 5.92 Å². The summed E-state index contributed by atoms with van der Waals surface area (Å²) >= 11 is 13.8. The van der Waals surface area contributed by atoms with Crippen LogP contribution in [0.15, 0.2) is 30.3 Å². The number of amides is 1. The first-order valence-corrected chi connectivity index (χ1v) is 13.6. The molecule has 180 valence electrons. The van der Waals surface area contributed by atoms with E-state index in [1.54, 1.807) is 28.6 Å². The van der Waals surface area contributed by atoms with Gasteiger partial charge in [-0.2, -0.15) is 4.31 Å². The highest BCUT2D eigenvalue weighted by atomic mass is 35.5. The zero-order valence-corrected chi connectivity index (χ0v) is 21.3. The number of piperazine rings is 1. The number of nitrogens with one attached hydrogen (secondary N) is 1. The molecule has 6 nitrogen and oxygen atoms in total. The van der Waals surface area contributed by atoms with E-state index >= 15 is 0 Å². The zero-order valence-electron chi connectivity index (χ0n) is 18.1. The van der Waals surface area contributed by atoms with Crippen LogP contribution in [0.1, 0.15) is 55.3 Å². The summed E-state index contributed by atoms with van der Waals surface area (Å²) in [6.45, 7) is 2.00. The van der Waals surface area contributed by atoms with E-state index in [0.29, 0.717) is 37.7 Å². The van der Waals surface area contributed by atoms with E-state index in [1.165, 1.54) is 0 Å². The first-order valence-electron chi connectivity index (χ1n) is 11.2. The van der Waals surface area contributed by atoms with Crippen LogP contribution in [0, 0.1) is 5.92 Å². The molecule has 1 aromatic rings. The molecule has 0 spiro atoms. The Morgan fingerprint density at radius 2 is 1.62 bits per heavy atom. The summed E-state index contributed by atoms with van der Waals surface area (Å²) in [5.41, 5.74) is -0.111. The predicted octanol–water partition coefficient (Wildman–Crippen LogP) is 4.03. The molecule has 2 aliphatic carbocycles. The molecule has 1 N–H and O–H groups in total. The van der Waals surface area contributed by atoms with Gasteiger partial charge in [-0.3, -0.25) is 9.69 Å². The van der Waals surface area contributed by atoms with Gasteiger partial charge in [0.05, 0.1) is 11.3 Å². The van der Waals surface area contributed by atoms with Gasteiger partial charge < -0.3 is 5.32 Å². The maximum absolute atomic E-state index is 12.8. The molecule has 0 atom stereocenters. The van der Waals surface area contributed by atoms with Crippen LogP contribution in [0.5, 0.6) is 0 Å². The van der Waals surface area contributed by atoms with Gasteiger partial charge in [0.2, 0.25) is 14.5 Å². The Morgan fingerprint density at radius 1 is 1.03 bits per heavy atom. The molecular weight excluding hydrogens is 493 g/mol. The van der Waals surface area contributed by atoms with Crippen molar-refractivity contribution >= 4 is 51.5 Å². The van der Waals surface area contributed by atoms with Crippen molar-refractivity contribution < 1.29 is 13.2 Å². The van der Waals surface area contributed by atoms with Crippen molar-refractivity contribution in [1.29, 1.82) is 0 Å². The molecule has 1 aliphatic heterocycles. The summed E-state index contributed by atoms with van der Waals surface area (Å²) in [7, 11) is -3.21. The summed E-state index contributed by atoms with van der Waals surface area (Å²) in [5, 5.41) is 2.87. The number of benzene rings is 1. The highest BCUT2D eigenvalue weighted by molar-refractivity contribution is 7.89. The second-order valence-electron chi connectivity index (χ2n) is 9.09. The molecule has 1 saturated heterocycles. The van der Waals surface area contributed by atoms with Gasteiger partial charge >= 0.3 is 0 Å². The highest BCUT2D eigenvalue weighted by Gasteiger charge is 2.55. The molecule has 3 fully saturated rings. The van der Waals surface area contributed by atoms with E-state index in [4.69, 9.17) is 23.2 Å². The first-order chi connectivity index (χ1) is 14.7. The van der Waals surface area contributed by atoms with E-state index in [2.05, 4.69) is 10.2 Å². The quantitative estimate of drug-likeness (QED) is 0.432. The lowest BCUT2D eigenvalue weighted by molar-refractivity contribution is 0.00448. The Kier molecular flexibility index (Phi) is 8.43. The van der Waals surface area contributed by atoms with Crippen LogP contribution >= 0.6 is 35.6 Å². The maximum Gasteiger partial charge on any atom is 0.253 e. The number of rotatable bonds is 7. The Balaban J connectivity index is 0.00000289. The van der Waals surface area contributed by atoms with Crippen LogP contribution < -0.4 is 5.32 Å². The second-order valence-corrected chi connectivity index (χ2v) is 12.4. The number of alkyl halides is 2. The molecule has 0 bridgehead atoms. The minimum absolute atomic E-state index is 0. The number of hydrogen-bond donors (Lipinski definition) is 1. The van der Waals surface area contributed by atoms with Crippen molar-refractivity contribution in [3.8, 4) is 0 Å². The SMILES string of the molecule is Cl.O=C(NC(Cl)(Cl)C1(N2CCN(S(=O)(=O)CC3CC3)CC2)CCCCC1)c1ccccc1. The van der Waals surface area contributed by atoms with E-state index in [9.17, 15) is 13.2 Å². The fourth-order valence-corrected chi connectivity index (χ4v) is 7.62. The molecule has 32 heavy (non-hydrogen) atoms. The number of nitrogens with zero attached hydrogens (tertiary/aromatic N) is 2. The average Bonchev–Trinajstić information content (AvgIpc) is 3.58. The summed E-state index contributed by atoms with van der Waals surface area (Å²) in [6.07, 6.45) is 6.63. The van der Waals surface area contributed by atoms with Gasteiger partial charge in [0.15, 0.2) is 0 Å². The minimum Gasteiger partial charge on any atom is -0.319 e. The Hall–Kier alpha value is -0.570. The summed E-state index contributed by atoms with van der Waals surface area (Å²) in [5.74, 6) is 0.292. The van der Waals surface area contributed by atoms with Crippen LogP contribution in [0.25, 0.3) is 0 Å². The lowest BCUT2D eigenvalue weighted by atomic mass is 9.79. The van der Waals surface area contributed by atoms with E-state index < -0.39 is 20.0 Å². The molecule has 1 amide bonds. The van der Waals surface area contributed by atoms with Crippen molar-refractivity contribution in [1.82, 2.24) is 14.5 Å². The molecule has 0 aromatic heterocycles. The Labute approximate surface area is 207 Å². The van der Waals surface area contributed by atoms with Crippen LogP contribution in [-0.4, -0.2) is 65.5 Å². The predicted molar refractivity (Wildman–Crippen MR) is 131 cm³/mol. The number of sulfonamides is 1. The van der Waals surface area contributed by atoms with Gasteiger partial charge in [-0.1, -0.05) is 60.7 Å². The van der Waals surface area contributed by atoms with Crippen molar-refractivity contribution in [2.75, 3.05) is 31.9 Å². The molecule has 3 aliphatic rings. The van der Waals surface area contributed by atoms with Crippen LogP contribution in [0.3, 0.4) is 0 Å². The molecule has 1 heterocycles. The number of carbonyl (C=O) groups is 1. The Bertz CT molecular complexity index is 880. The van der Waals surface area contributed by atoms with Gasteiger partial charge in [0.25, 0.3) is 5.91 Å². The summed E-state index contributed by atoms with van der Waals surface area (Å²) in [4.78, 5) is 15.1. The summed E-state index contributed by atoms with van der Waals surface area (Å²) in [6, 6.07) is 8.92. The molecule has 4 rings (SSSR count). The molecule has 10 heteroatoms. The third-order valence-corrected chi connectivity index (χ3v) is 9.89. The molecule has 1 aromatic carbocycles. The lowest BCUT2D eigenvalue weighted by Crippen LogP contribution is -2.69. The van der Waals surface area contributed by atoms with Crippen LogP contribution in [0.2, 0.25) is 0 Å². The van der Waals surface area contributed by atoms with Crippen LogP contribution in [0.4, 0.5) is 0 Å². The second kappa shape index (κ2) is 10.4. The number of carbonyl (C=O) groups excluding carboxylic acids is 1. The van der Waals surface area contributed by atoms with Gasteiger partial charge in [0.1, 0.15) is 0 Å².